The number of benzene rings is 1. The van der Waals surface area contributed by atoms with Crippen molar-refractivity contribution >= 4 is 17.0 Å². The fraction of sp³-hybridized carbons (Fsp3) is 0.308. The number of alkyl halides is 3. The molecule has 1 aromatic heterocycles. The first-order chi connectivity index (χ1) is 8.88. The van der Waals surface area contributed by atoms with Crippen LogP contribution in [0, 0.1) is 6.92 Å². The number of halogens is 3. The summed E-state index contributed by atoms with van der Waals surface area (Å²) in [6.45, 7) is 3.65. The fourth-order valence-electron chi connectivity index (χ4n) is 1.70. The van der Waals surface area contributed by atoms with Crippen LogP contribution in [0.2, 0.25) is 0 Å². The van der Waals surface area contributed by atoms with E-state index >= 15 is 0 Å². The highest BCUT2D eigenvalue weighted by atomic mass is 32.1. The lowest BCUT2D eigenvalue weighted by atomic mass is 10.1. The van der Waals surface area contributed by atoms with E-state index in [0.717, 1.165) is 22.7 Å². The Morgan fingerprint density at radius 3 is 2.63 bits per heavy atom. The van der Waals surface area contributed by atoms with Crippen molar-refractivity contribution in [3.8, 4) is 0 Å². The van der Waals surface area contributed by atoms with Gasteiger partial charge in [-0.25, -0.2) is 4.98 Å². The number of aryl methyl sites for hydroxylation is 1. The molecule has 1 atom stereocenters. The highest BCUT2D eigenvalue weighted by Gasteiger charge is 2.30. The summed E-state index contributed by atoms with van der Waals surface area (Å²) in [6, 6.07) is 3.58. The Bertz CT molecular complexity index is 550. The van der Waals surface area contributed by atoms with Crippen LogP contribution in [0.15, 0.2) is 29.8 Å². The average molecular weight is 286 g/mol. The Morgan fingerprint density at radius 2 is 2.05 bits per heavy atom. The van der Waals surface area contributed by atoms with Gasteiger partial charge in [-0.05, 0) is 31.5 Å². The number of hydrogen-bond donors (Lipinski definition) is 1. The Hall–Kier alpha value is -1.56. The zero-order chi connectivity index (χ0) is 14.0. The van der Waals surface area contributed by atoms with Gasteiger partial charge in [-0.15, -0.1) is 11.3 Å². The molecule has 0 aliphatic carbocycles. The lowest BCUT2D eigenvalue weighted by Gasteiger charge is -2.17. The Balaban J connectivity index is 2.25. The van der Waals surface area contributed by atoms with Gasteiger partial charge in [0.1, 0.15) is 5.01 Å². The minimum Gasteiger partial charge on any atom is -0.376 e. The summed E-state index contributed by atoms with van der Waals surface area (Å²) in [5.41, 5.74) is 0.612. The van der Waals surface area contributed by atoms with Crippen LogP contribution in [0.3, 0.4) is 0 Å². The van der Waals surface area contributed by atoms with Gasteiger partial charge in [0.15, 0.2) is 0 Å². The minimum atomic E-state index is -4.32. The number of nitrogens with zero attached hydrogens (tertiary/aromatic N) is 1. The minimum absolute atomic E-state index is 0.123. The van der Waals surface area contributed by atoms with Crippen molar-refractivity contribution in [1.29, 1.82) is 0 Å². The zero-order valence-electron chi connectivity index (χ0n) is 10.5. The first-order valence-corrected chi connectivity index (χ1v) is 6.59. The first-order valence-electron chi connectivity index (χ1n) is 5.71. The van der Waals surface area contributed by atoms with Crippen LogP contribution in [0.4, 0.5) is 18.9 Å². The Kier molecular flexibility index (Phi) is 3.80. The van der Waals surface area contributed by atoms with E-state index in [2.05, 4.69) is 10.3 Å². The topological polar surface area (TPSA) is 24.9 Å². The third-order valence-corrected chi connectivity index (χ3v) is 3.72. The molecule has 0 radical (unpaired) electrons. The maximum absolute atomic E-state index is 12.7. The normalized spacial score (nSPS) is 13.3. The van der Waals surface area contributed by atoms with Gasteiger partial charge in [-0.1, -0.05) is 6.07 Å². The maximum atomic E-state index is 12.7. The van der Waals surface area contributed by atoms with Crippen molar-refractivity contribution in [1.82, 2.24) is 4.98 Å². The van der Waals surface area contributed by atoms with Crippen LogP contribution in [0.5, 0.6) is 0 Å². The van der Waals surface area contributed by atoms with E-state index in [1.807, 2.05) is 12.3 Å². The third-order valence-electron chi connectivity index (χ3n) is 2.76. The summed E-state index contributed by atoms with van der Waals surface area (Å²) in [5, 5.41) is 5.76. The van der Waals surface area contributed by atoms with Gasteiger partial charge in [-0.3, -0.25) is 0 Å². The number of hydrogen-bond acceptors (Lipinski definition) is 3. The van der Waals surface area contributed by atoms with Crippen LogP contribution in [0.25, 0.3) is 0 Å². The highest BCUT2D eigenvalue weighted by molar-refractivity contribution is 7.09. The molecule has 1 heterocycles. The molecule has 1 unspecified atom stereocenters. The van der Waals surface area contributed by atoms with Crippen molar-refractivity contribution in [3.05, 3.63) is 45.9 Å². The zero-order valence-corrected chi connectivity index (χ0v) is 11.3. The van der Waals surface area contributed by atoms with E-state index in [-0.39, 0.29) is 6.04 Å². The van der Waals surface area contributed by atoms with Crippen molar-refractivity contribution in [2.45, 2.75) is 26.1 Å². The van der Waals surface area contributed by atoms with Gasteiger partial charge < -0.3 is 5.32 Å². The molecule has 19 heavy (non-hydrogen) atoms. The van der Waals surface area contributed by atoms with Crippen molar-refractivity contribution < 1.29 is 13.2 Å². The molecule has 0 amide bonds. The second-order valence-corrected chi connectivity index (χ2v) is 5.19. The molecule has 0 fully saturated rings. The fourth-order valence-corrected chi connectivity index (χ4v) is 2.34. The summed E-state index contributed by atoms with van der Waals surface area (Å²) >= 11 is 1.47. The average Bonchev–Trinajstić information content (AvgIpc) is 2.84. The number of rotatable bonds is 3. The molecule has 2 rings (SSSR count). The molecule has 0 aliphatic heterocycles. The summed E-state index contributed by atoms with van der Waals surface area (Å²) in [6.07, 6.45) is -2.65. The molecule has 0 spiro atoms. The van der Waals surface area contributed by atoms with Crippen LogP contribution >= 0.6 is 11.3 Å². The molecule has 0 saturated heterocycles. The van der Waals surface area contributed by atoms with Gasteiger partial charge in [-0.2, -0.15) is 13.2 Å². The Labute approximate surface area is 113 Å². The summed E-state index contributed by atoms with van der Waals surface area (Å²) in [4.78, 5) is 4.15. The highest BCUT2D eigenvalue weighted by Crippen LogP contribution is 2.33. The van der Waals surface area contributed by atoms with Crippen LogP contribution in [0.1, 0.15) is 29.1 Å². The van der Waals surface area contributed by atoms with E-state index in [9.17, 15) is 13.2 Å². The number of anilines is 1. The second-order valence-electron chi connectivity index (χ2n) is 4.26. The van der Waals surface area contributed by atoms with Crippen LogP contribution < -0.4 is 5.32 Å². The summed E-state index contributed by atoms with van der Waals surface area (Å²) in [7, 11) is 0. The van der Waals surface area contributed by atoms with Crippen LogP contribution in [-0.2, 0) is 6.18 Å². The summed E-state index contributed by atoms with van der Waals surface area (Å²) < 4.78 is 38.0. The quantitative estimate of drug-likeness (QED) is 0.888. The van der Waals surface area contributed by atoms with E-state index in [1.165, 1.54) is 17.4 Å². The molecule has 1 N–H and O–H groups in total. The number of nitrogens with one attached hydrogen (secondary N) is 1. The molecule has 0 aliphatic rings. The molecular formula is C13H13F3N2S. The van der Waals surface area contributed by atoms with Gasteiger partial charge in [0.25, 0.3) is 0 Å². The van der Waals surface area contributed by atoms with Gasteiger partial charge in [0.2, 0.25) is 0 Å². The molecular weight excluding hydrogens is 273 g/mol. The van der Waals surface area contributed by atoms with E-state index in [0.29, 0.717) is 5.69 Å². The lowest BCUT2D eigenvalue weighted by Crippen LogP contribution is -2.10. The molecule has 0 bridgehead atoms. The molecule has 2 nitrogen and oxygen atoms in total. The molecule has 1 aromatic carbocycles. The van der Waals surface area contributed by atoms with Crippen molar-refractivity contribution in [2.75, 3.05) is 5.32 Å². The monoisotopic (exact) mass is 286 g/mol. The maximum Gasteiger partial charge on any atom is 0.416 e. The van der Waals surface area contributed by atoms with Gasteiger partial charge >= 0.3 is 6.18 Å². The van der Waals surface area contributed by atoms with Gasteiger partial charge in [0, 0.05) is 17.3 Å². The third kappa shape index (κ3) is 3.26. The Morgan fingerprint density at radius 1 is 1.32 bits per heavy atom. The second kappa shape index (κ2) is 5.21. The van der Waals surface area contributed by atoms with E-state index < -0.39 is 11.7 Å². The predicted molar refractivity (Wildman–Crippen MR) is 70.3 cm³/mol. The van der Waals surface area contributed by atoms with E-state index in [1.54, 1.807) is 13.1 Å². The molecule has 6 heteroatoms. The van der Waals surface area contributed by atoms with Crippen molar-refractivity contribution in [3.63, 3.8) is 0 Å². The van der Waals surface area contributed by atoms with Crippen LogP contribution in [-0.4, -0.2) is 4.98 Å². The smallest absolute Gasteiger partial charge is 0.376 e. The van der Waals surface area contributed by atoms with E-state index in [4.69, 9.17) is 0 Å². The molecule has 0 saturated carbocycles. The largest absolute Gasteiger partial charge is 0.416 e. The lowest BCUT2D eigenvalue weighted by molar-refractivity contribution is -0.137. The predicted octanol–water partition coefficient (Wildman–Crippen LogP) is 4.64. The summed E-state index contributed by atoms with van der Waals surface area (Å²) in [5.74, 6) is 0. The molecule has 2 aromatic rings. The van der Waals surface area contributed by atoms with Gasteiger partial charge in [0.05, 0.1) is 11.6 Å². The van der Waals surface area contributed by atoms with Crippen molar-refractivity contribution in [2.24, 2.45) is 0 Å². The standard InChI is InChI=1S/C13H13F3N2S/c1-8-3-4-10(13(14,15)16)7-11(8)18-9(2)12-17-5-6-19-12/h3-7,9,18H,1-2H3. The first kappa shape index (κ1) is 13.9. The number of thiazole rings is 1. The number of aromatic nitrogens is 1. The SMILES string of the molecule is Cc1ccc(C(F)(F)F)cc1NC(C)c1nccs1. The molecule has 102 valence electrons.